The Hall–Kier alpha value is -5.53. The molecule has 2 aromatic carbocycles. The van der Waals surface area contributed by atoms with Crippen molar-refractivity contribution in [1.29, 1.82) is 0 Å². The predicted molar refractivity (Wildman–Crippen MR) is 172 cm³/mol. The molecule has 0 spiro atoms. The number of carbonyl (C=O) groups excluding carboxylic acids is 4. The molecule has 246 valence electrons. The van der Waals surface area contributed by atoms with Gasteiger partial charge in [-0.2, -0.15) is 5.10 Å². The number of imidazole rings is 1. The molecule has 4 amide bonds. The van der Waals surface area contributed by atoms with Gasteiger partial charge in [0.1, 0.15) is 42.5 Å². The van der Waals surface area contributed by atoms with Crippen LogP contribution in [-0.4, -0.2) is 73.2 Å². The lowest BCUT2D eigenvalue weighted by Crippen LogP contribution is -2.56. The van der Waals surface area contributed by atoms with E-state index in [2.05, 4.69) is 36.3 Å². The average Bonchev–Trinajstić information content (AvgIpc) is 3.68. The lowest BCUT2D eigenvalue weighted by molar-refractivity contribution is -0.131. The van der Waals surface area contributed by atoms with E-state index >= 15 is 0 Å². The molecule has 4 aromatic rings. The van der Waals surface area contributed by atoms with Crippen LogP contribution in [-0.2, 0) is 34.4 Å². The predicted octanol–water partition coefficient (Wildman–Crippen LogP) is 1.55. The van der Waals surface area contributed by atoms with Gasteiger partial charge in [-0.1, -0.05) is 56.3 Å². The van der Waals surface area contributed by atoms with Crippen LogP contribution in [0.25, 0.3) is 11.4 Å². The van der Waals surface area contributed by atoms with Gasteiger partial charge in [0.25, 0.3) is 5.91 Å². The molecule has 4 N–H and O–H groups in total. The van der Waals surface area contributed by atoms with Crippen molar-refractivity contribution in [3.05, 3.63) is 84.2 Å². The van der Waals surface area contributed by atoms with E-state index in [-0.39, 0.29) is 43.6 Å². The SMILES string of the molecule is CC(C)[C@H]1NC(=O)[C@@H](NC(=O)c2cn(C)cn2)Cc2ccc(cc2)OCCNC(=O)Cn2nc(-c3ccccc3)nc2[C@H](C)NC1=O. The summed E-state index contributed by atoms with van der Waals surface area (Å²) in [5.74, 6) is -0.762. The summed E-state index contributed by atoms with van der Waals surface area (Å²) in [6.07, 6.45) is 3.20. The zero-order valence-corrected chi connectivity index (χ0v) is 26.8. The van der Waals surface area contributed by atoms with E-state index in [0.29, 0.717) is 17.4 Å². The molecule has 3 atom stereocenters. The number of rotatable bonds is 4. The molecule has 6 rings (SSSR count). The number of ether oxygens (including phenoxy) is 1. The van der Waals surface area contributed by atoms with E-state index in [1.807, 2.05) is 44.2 Å². The van der Waals surface area contributed by atoms with Gasteiger partial charge in [0.15, 0.2) is 5.82 Å². The summed E-state index contributed by atoms with van der Waals surface area (Å²) in [6, 6.07) is 13.8. The smallest absolute Gasteiger partial charge is 0.272 e. The van der Waals surface area contributed by atoms with Gasteiger partial charge < -0.3 is 30.6 Å². The highest BCUT2D eigenvalue weighted by molar-refractivity contribution is 5.97. The number of fused-ring (bicyclic) bond motifs is 14. The van der Waals surface area contributed by atoms with Crippen LogP contribution in [0.15, 0.2) is 67.1 Å². The first-order valence-electron chi connectivity index (χ1n) is 15.5. The van der Waals surface area contributed by atoms with E-state index in [4.69, 9.17) is 4.74 Å². The number of aromatic nitrogens is 5. The van der Waals surface area contributed by atoms with E-state index in [1.165, 1.54) is 11.0 Å². The fourth-order valence-electron chi connectivity index (χ4n) is 5.14. The van der Waals surface area contributed by atoms with E-state index < -0.39 is 35.8 Å². The van der Waals surface area contributed by atoms with Crippen molar-refractivity contribution in [3.63, 3.8) is 0 Å². The summed E-state index contributed by atoms with van der Waals surface area (Å²) in [5, 5.41) is 16.0. The fourth-order valence-corrected chi connectivity index (χ4v) is 5.14. The molecule has 14 heteroatoms. The first-order chi connectivity index (χ1) is 22.6. The van der Waals surface area contributed by atoms with Crippen molar-refractivity contribution in [2.75, 3.05) is 13.2 Å². The summed E-state index contributed by atoms with van der Waals surface area (Å²) >= 11 is 0. The highest BCUT2D eigenvalue weighted by Gasteiger charge is 2.31. The molecule has 2 aliphatic heterocycles. The van der Waals surface area contributed by atoms with Crippen LogP contribution in [0.3, 0.4) is 0 Å². The van der Waals surface area contributed by atoms with Crippen LogP contribution in [0.5, 0.6) is 5.75 Å². The van der Waals surface area contributed by atoms with Crippen LogP contribution >= 0.6 is 0 Å². The zero-order chi connectivity index (χ0) is 33.5. The van der Waals surface area contributed by atoms with Crippen LogP contribution in [0.2, 0.25) is 0 Å². The second kappa shape index (κ2) is 14.7. The number of hydrogen-bond donors (Lipinski definition) is 4. The Morgan fingerprint density at radius 2 is 1.77 bits per heavy atom. The molecular weight excluding hydrogens is 602 g/mol. The van der Waals surface area contributed by atoms with Gasteiger partial charge in [-0.25, -0.2) is 14.6 Å². The molecule has 14 nitrogen and oxygen atoms in total. The van der Waals surface area contributed by atoms with Gasteiger partial charge in [0.05, 0.1) is 18.9 Å². The Morgan fingerprint density at radius 3 is 2.45 bits per heavy atom. The maximum absolute atomic E-state index is 13.8. The Labute approximate surface area is 272 Å². The first kappa shape index (κ1) is 32.9. The number of nitrogens with one attached hydrogen (secondary N) is 4. The largest absolute Gasteiger partial charge is 0.492 e. The fraction of sp³-hybridized carbons (Fsp3) is 0.364. The van der Waals surface area contributed by atoms with Gasteiger partial charge in [0.2, 0.25) is 17.7 Å². The van der Waals surface area contributed by atoms with Gasteiger partial charge in [-0.3, -0.25) is 19.2 Å². The highest BCUT2D eigenvalue weighted by atomic mass is 16.5. The third-order valence-electron chi connectivity index (χ3n) is 7.63. The number of nitrogens with zero attached hydrogens (tertiary/aromatic N) is 5. The quantitative estimate of drug-likeness (QED) is 0.260. The van der Waals surface area contributed by atoms with Gasteiger partial charge in [0, 0.05) is 25.2 Å². The van der Waals surface area contributed by atoms with Crippen molar-refractivity contribution in [2.45, 2.75) is 51.9 Å². The Morgan fingerprint density at radius 1 is 1.02 bits per heavy atom. The lowest BCUT2D eigenvalue weighted by Gasteiger charge is -2.26. The molecule has 2 bridgehead atoms. The molecular formula is C33H39N9O5. The normalized spacial score (nSPS) is 19.6. The minimum Gasteiger partial charge on any atom is -0.492 e. The molecule has 47 heavy (non-hydrogen) atoms. The Kier molecular flexibility index (Phi) is 10.3. The molecule has 4 heterocycles. The second-order valence-electron chi connectivity index (χ2n) is 11.8. The summed E-state index contributed by atoms with van der Waals surface area (Å²) in [7, 11) is 1.74. The standard InChI is InChI=1S/C33H39N9O5/c1-20(2)28-33(46)36-21(3)30-39-29(23-8-6-5-7-9-23)40-42(30)18-27(43)34-14-15-47-24-12-10-22(11-13-24)16-25(31(44)38-28)37-32(45)26-17-41(4)19-35-26/h5-13,17,19-21,25,28H,14-16,18H2,1-4H3,(H,34,43)(H,36,46)(H,37,45)(H,38,44)/t21-,25-,28+/m0/s1. The van der Waals surface area contributed by atoms with Crippen LogP contribution in [0, 0.1) is 5.92 Å². The van der Waals surface area contributed by atoms with Crippen molar-refractivity contribution < 1.29 is 23.9 Å². The van der Waals surface area contributed by atoms with E-state index in [9.17, 15) is 19.2 Å². The highest BCUT2D eigenvalue weighted by Crippen LogP contribution is 2.20. The van der Waals surface area contributed by atoms with Crippen LogP contribution in [0.4, 0.5) is 0 Å². The second-order valence-corrected chi connectivity index (χ2v) is 11.8. The summed E-state index contributed by atoms with van der Waals surface area (Å²) in [6.45, 7) is 5.71. The number of aryl methyl sites for hydroxylation is 1. The molecule has 0 fully saturated rings. The summed E-state index contributed by atoms with van der Waals surface area (Å²) in [5.41, 5.74) is 1.67. The molecule has 0 radical (unpaired) electrons. The maximum Gasteiger partial charge on any atom is 0.272 e. The number of benzene rings is 2. The van der Waals surface area contributed by atoms with Crippen molar-refractivity contribution in [1.82, 2.24) is 45.6 Å². The van der Waals surface area contributed by atoms with Gasteiger partial charge in [-0.05, 0) is 30.5 Å². The minimum atomic E-state index is -1.01. The average molecular weight is 642 g/mol. The monoisotopic (exact) mass is 641 g/mol. The lowest BCUT2D eigenvalue weighted by atomic mass is 10.0. The van der Waals surface area contributed by atoms with Crippen molar-refractivity contribution in [3.8, 4) is 17.1 Å². The minimum absolute atomic E-state index is 0.133. The summed E-state index contributed by atoms with van der Waals surface area (Å²) in [4.78, 5) is 62.3. The van der Waals surface area contributed by atoms with E-state index in [0.717, 1.165) is 11.1 Å². The Bertz CT molecular complexity index is 1720. The van der Waals surface area contributed by atoms with E-state index in [1.54, 1.807) is 49.0 Å². The molecule has 2 aliphatic rings. The van der Waals surface area contributed by atoms with Crippen molar-refractivity contribution in [2.24, 2.45) is 13.0 Å². The van der Waals surface area contributed by atoms with Crippen molar-refractivity contribution >= 4 is 23.6 Å². The van der Waals surface area contributed by atoms with Gasteiger partial charge >= 0.3 is 0 Å². The topological polar surface area (TPSA) is 174 Å². The maximum atomic E-state index is 13.8. The Balaban J connectivity index is 1.45. The zero-order valence-electron chi connectivity index (χ0n) is 26.8. The molecule has 0 aliphatic carbocycles. The third kappa shape index (κ3) is 8.39. The van der Waals surface area contributed by atoms with Gasteiger partial charge in [-0.15, -0.1) is 0 Å². The molecule has 0 unspecified atom stereocenters. The molecule has 2 aromatic heterocycles. The summed E-state index contributed by atoms with van der Waals surface area (Å²) < 4.78 is 8.91. The first-order valence-corrected chi connectivity index (χ1v) is 15.5. The van der Waals surface area contributed by atoms with Crippen LogP contribution in [0.1, 0.15) is 48.7 Å². The number of carbonyl (C=O) groups is 4. The number of hydrogen-bond acceptors (Lipinski definition) is 8. The van der Waals surface area contributed by atoms with Crippen LogP contribution < -0.4 is 26.0 Å². The molecule has 0 saturated heterocycles. The third-order valence-corrected chi connectivity index (χ3v) is 7.63. The molecule has 0 saturated carbocycles. The number of amides is 4.